The van der Waals surface area contributed by atoms with Gasteiger partial charge < -0.3 is 5.73 Å². The highest BCUT2D eigenvalue weighted by Crippen LogP contribution is 2.32. The van der Waals surface area contributed by atoms with Crippen molar-refractivity contribution in [1.29, 1.82) is 0 Å². The van der Waals surface area contributed by atoms with Crippen molar-refractivity contribution >= 4 is 11.3 Å². The fraction of sp³-hybridized carbons (Fsp3) is 0.538. The van der Waals surface area contributed by atoms with E-state index in [0.717, 1.165) is 12.1 Å². The highest BCUT2D eigenvalue weighted by Gasteiger charge is 2.17. The van der Waals surface area contributed by atoms with Gasteiger partial charge in [0.1, 0.15) is 0 Å². The van der Waals surface area contributed by atoms with Gasteiger partial charge in [0.05, 0.1) is 5.69 Å². The standard InChI is InChI=1S/C13H18N4S/c1-17-8-10(15-16-17)7-11(14)13-6-9-4-2-3-5-12(9)18-13/h6,8,11H,2-5,7,14H2,1H3. The molecule has 3 rings (SSSR count). The number of rotatable bonds is 3. The van der Waals surface area contributed by atoms with E-state index in [2.05, 4.69) is 16.4 Å². The van der Waals surface area contributed by atoms with Gasteiger partial charge in [-0.1, -0.05) is 5.21 Å². The molecule has 96 valence electrons. The predicted octanol–water partition coefficient (Wildman–Crippen LogP) is 2.00. The van der Waals surface area contributed by atoms with Gasteiger partial charge in [-0.2, -0.15) is 0 Å². The Morgan fingerprint density at radius 1 is 1.44 bits per heavy atom. The van der Waals surface area contributed by atoms with Gasteiger partial charge in [0, 0.05) is 35.5 Å². The molecule has 0 aromatic carbocycles. The van der Waals surface area contributed by atoms with Crippen LogP contribution in [0.25, 0.3) is 0 Å². The second kappa shape index (κ2) is 4.82. The van der Waals surface area contributed by atoms with E-state index in [4.69, 9.17) is 5.73 Å². The summed E-state index contributed by atoms with van der Waals surface area (Å²) in [7, 11) is 1.88. The minimum Gasteiger partial charge on any atom is -0.323 e. The van der Waals surface area contributed by atoms with E-state index in [1.54, 1.807) is 9.56 Å². The van der Waals surface area contributed by atoms with Crippen LogP contribution in [0.15, 0.2) is 12.3 Å². The molecule has 2 heterocycles. The zero-order valence-electron chi connectivity index (χ0n) is 10.6. The van der Waals surface area contributed by atoms with Gasteiger partial charge in [-0.3, -0.25) is 4.68 Å². The molecular formula is C13H18N4S. The largest absolute Gasteiger partial charge is 0.323 e. The first-order valence-electron chi connectivity index (χ1n) is 6.44. The SMILES string of the molecule is Cn1cc(CC(N)c2cc3c(s2)CCCC3)nn1. The van der Waals surface area contributed by atoms with E-state index in [1.165, 1.54) is 36.1 Å². The van der Waals surface area contributed by atoms with Gasteiger partial charge in [-0.05, 0) is 37.3 Å². The molecule has 5 heteroatoms. The first kappa shape index (κ1) is 11.9. The quantitative estimate of drug-likeness (QED) is 0.920. The predicted molar refractivity (Wildman–Crippen MR) is 72.6 cm³/mol. The first-order chi connectivity index (χ1) is 8.72. The molecule has 1 aliphatic carbocycles. The van der Waals surface area contributed by atoms with Crippen LogP contribution < -0.4 is 5.73 Å². The third kappa shape index (κ3) is 2.33. The van der Waals surface area contributed by atoms with Crippen molar-refractivity contribution in [3.63, 3.8) is 0 Å². The molecule has 18 heavy (non-hydrogen) atoms. The third-order valence-corrected chi connectivity index (χ3v) is 4.83. The molecule has 0 bridgehead atoms. The molecule has 0 saturated heterocycles. The maximum atomic E-state index is 6.28. The molecule has 1 unspecified atom stereocenters. The van der Waals surface area contributed by atoms with E-state index in [1.807, 2.05) is 24.6 Å². The summed E-state index contributed by atoms with van der Waals surface area (Å²) in [4.78, 5) is 2.85. The van der Waals surface area contributed by atoms with Crippen molar-refractivity contribution in [2.24, 2.45) is 12.8 Å². The molecule has 1 aliphatic rings. The van der Waals surface area contributed by atoms with Crippen LogP contribution in [-0.2, 0) is 26.3 Å². The summed E-state index contributed by atoms with van der Waals surface area (Å²) >= 11 is 1.89. The Labute approximate surface area is 111 Å². The monoisotopic (exact) mass is 262 g/mol. The Balaban J connectivity index is 1.75. The lowest BCUT2D eigenvalue weighted by atomic mass is 9.98. The normalized spacial score (nSPS) is 16.6. The smallest absolute Gasteiger partial charge is 0.0846 e. The number of thiophene rings is 1. The van der Waals surface area contributed by atoms with Crippen LogP contribution in [0.2, 0.25) is 0 Å². The van der Waals surface area contributed by atoms with Gasteiger partial charge in [0.25, 0.3) is 0 Å². The highest BCUT2D eigenvalue weighted by molar-refractivity contribution is 7.12. The zero-order chi connectivity index (χ0) is 12.5. The summed E-state index contributed by atoms with van der Waals surface area (Å²) < 4.78 is 1.72. The topological polar surface area (TPSA) is 56.7 Å². The molecule has 0 amide bonds. The average Bonchev–Trinajstić information content (AvgIpc) is 2.95. The summed E-state index contributed by atoms with van der Waals surface area (Å²) in [6, 6.07) is 2.36. The summed E-state index contributed by atoms with van der Waals surface area (Å²) in [5.41, 5.74) is 8.77. The Kier molecular flexibility index (Phi) is 3.18. The Morgan fingerprint density at radius 2 is 2.28 bits per heavy atom. The van der Waals surface area contributed by atoms with Crippen LogP contribution in [0.1, 0.15) is 39.9 Å². The molecule has 0 saturated carbocycles. The van der Waals surface area contributed by atoms with E-state index >= 15 is 0 Å². The van der Waals surface area contributed by atoms with Crippen molar-refractivity contribution in [2.75, 3.05) is 0 Å². The Morgan fingerprint density at radius 3 is 3.00 bits per heavy atom. The molecule has 0 fully saturated rings. The molecule has 2 N–H and O–H groups in total. The second-order valence-electron chi connectivity index (χ2n) is 5.00. The Hall–Kier alpha value is -1.20. The molecule has 4 nitrogen and oxygen atoms in total. The van der Waals surface area contributed by atoms with Crippen LogP contribution in [0.5, 0.6) is 0 Å². The molecule has 0 spiro atoms. The van der Waals surface area contributed by atoms with Crippen molar-refractivity contribution < 1.29 is 0 Å². The number of hydrogen-bond acceptors (Lipinski definition) is 4. The van der Waals surface area contributed by atoms with Crippen LogP contribution in [0.3, 0.4) is 0 Å². The fourth-order valence-corrected chi connectivity index (χ4v) is 3.77. The van der Waals surface area contributed by atoms with E-state index < -0.39 is 0 Å². The number of hydrogen-bond donors (Lipinski definition) is 1. The van der Waals surface area contributed by atoms with Crippen molar-refractivity contribution in [2.45, 2.75) is 38.1 Å². The average molecular weight is 262 g/mol. The molecule has 0 radical (unpaired) electrons. The maximum absolute atomic E-state index is 6.28. The number of nitrogens with zero attached hydrogens (tertiary/aromatic N) is 3. The minimum atomic E-state index is 0.0531. The molecule has 0 aliphatic heterocycles. The zero-order valence-corrected chi connectivity index (χ0v) is 11.4. The van der Waals surface area contributed by atoms with Crippen molar-refractivity contribution in [3.05, 3.63) is 33.3 Å². The summed E-state index contributed by atoms with van der Waals surface area (Å²) in [6.45, 7) is 0. The highest BCUT2D eigenvalue weighted by atomic mass is 32.1. The lowest BCUT2D eigenvalue weighted by Gasteiger charge is -2.08. The lowest BCUT2D eigenvalue weighted by molar-refractivity contribution is 0.692. The van der Waals surface area contributed by atoms with E-state index in [9.17, 15) is 0 Å². The summed E-state index contributed by atoms with van der Waals surface area (Å²) in [6.07, 6.45) is 7.82. The van der Waals surface area contributed by atoms with Crippen LogP contribution in [0.4, 0.5) is 0 Å². The number of nitrogens with two attached hydrogens (primary N) is 1. The van der Waals surface area contributed by atoms with Crippen molar-refractivity contribution in [3.8, 4) is 0 Å². The number of aryl methyl sites for hydroxylation is 3. The van der Waals surface area contributed by atoms with Gasteiger partial charge in [0.2, 0.25) is 0 Å². The molecule has 2 aromatic rings. The molecular weight excluding hydrogens is 244 g/mol. The van der Waals surface area contributed by atoms with Crippen LogP contribution in [0, 0.1) is 0 Å². The van der Waals surface area contributed by atoms with Crippen LogP contribution in [-0.4, -0.2) is 15.0 Å². The minimum absolute atomic E-state index is 0.0531. The second-order valence-corrected chi connectivity index (χ2v) is 6.17. The van der Waals surface area contributed by atoms with E-state index in [0.29, 0.717) is 0 Å². The van der Waals surface area contributed by atoms with Gasteiger partial charge in [-0.15, -0.1) is 16.4 Å². The van der Waals surface area contributed by atoms with E-state index in [-0.39, 0.29) is 6.04 Å². The summed E-state index contributed by atoms with van der Waals surface area (Å²) in [5.74, 6) is 0. The van der Waals surface area contributed by atoms with Gasteiger partial charge >= 0.3 is 0 Å². The van der Waals surface area contributed by atoms with Gasteiger partial charge in [-0.25, -0.2) is 0 Å². The number of aromatic nitrogens is 3. The lowest BCUT2D eigenvalue weighted by Crippen LogP contribution is -2.12. The third-order valence-electron chi connectivity index (χ3n) is 3.46. The molecule has 2 aromatic heterocycles. The van der Waals surface area contributed by atoms with Gasteiger partial charge in [0.15, 0.2) is 0 Å². The number of fused-ring (bicyclic) bond motifs is 1. The summed E-state index contributed by atoms with van der Waals surface area (Å²) in [5, 5.41) is 8.04. The first-order valence-corrected chi connectivity index (χ1v) is 7.26. The van der Waals surface area contributed by atoms with Crippen LogP contribution >= 0.6 is 11.3 Å². The molecule has 1 atom stereocenters. The Bertz CT molecular complexity index is 519. The fourth-order valence-electron chi connectivity index (χ4n) is 2.51. The van der Waals surface area contributed by atoms with Crippen molar-refractivity contribution in [1.82, 2.24) is 15.0 Å². The maximum Gasteiger partial charge on any atom is 0.0846 e.